The van der Waals surface area contributed by atoms with Crippen LogP contribution in [-0.2, 0) is 5.41 Å². The number of rotatable bonds is 1. The first-order valence-corrected chi connectivity index (χ1v) is 7.49. The van der Waals surface area contributed by atoms with Crippen molar-refractivity contribution in [2.24, 2.45) is 5.16 Å². The molecule has 2 aromatic carbocycles. The first-order valence-electron chi connectivity index (χ1n) is 6.73. The normalized spacial score (nSPS) is 18.0. The van der Waals surface area contributed by atoms with Crippen LogP contribution in [0.3, 0.4) is 0 Å². The molecule has 0 atom stereocenters. The van der Waals surface area contributed by atoms with E-state index in [0.29, 0.717) is 10.0 Å². The van der Waals surface area contributed by atoms with Crippen molar-refractivity contribution in [1.29, 1.82) is 0 Å². The molecule has 0 fully saturated rings. The molecule has 0 heterocycles. The van der Waals surface area contributed by atoms with Crippen molar-refractivity contribution in [3.63, 3.8) is 0 Å². The molecule has 3 rings (SSSR count). The highest BCUT2D eigenvalue weighted by Gasteiger charge is 2.35. The molecule has 0 aromatic heterocycles. The maximum atomic E-state index is 9.16. The summed E-state index contributed by atoms with van der Waals surface area (Å²) in [4.78, 5) is 0. The lowest BCUT2D eigenvalue weighted by atomic mass is 9.85. The zero-order chi connectivity index (χ0) is 15.2. The van der Waals surface area contributed by atoms with Gasteiger partial charge in [-0.3, -0.25) is 0 Å². The van der Waals surface area contributed by atoms with Crippen molar-refractivity contribution in [3.05, 3.63) is 57.6 Å². The highest BCUT2D eigenvalue weighted by molar-refractivity contribution is 6.36. The summed E-state index contributed by atoms with van der Waals surface area (Å²) in [6, 6.07) is 11.6. The van der Waals surface area contributed by atoms with E-state index in [9.17, 15) is 0 Å². The molecule has 0 radical (unpaired) electrons. The monoisotopic (exact) mass is 319 g/mol. The Morgan fingerprint density at radius 3 is 2.43 bits per heavy atom. The zero-order valence-electron chi connectivity index (χ0n) is 11.8. The molecule has 21 heavy (non-hydrogen) atoms. The van der Waals surface area contributed by atoms with Crippen molar-refractivity contribution in [2.75, 3.05) is 0 Å². The van der Waals surface area contributed by atoms with Crippen LogP contribution in [0.2, 0.25) is 10.0 Å². The van der Waals surface area contributed by atoms with Gasteiger partial charge in [0, 0.05) is 27.6 Å². The highest BCUT2D eigenvalue weighted by Crippen LogP contribution is 2.41. The smallest absolute Gasteiger partial charge is 0.0879 e. The molecule has 4 heteroatoms. The summed E-state index contributed by atoms with van der Waals surface area (Å²) in [5.41, 5.74) is 4.88. The van der Waals surface area contributed by atoms with E-state index in [-0.39, 0.29) is 5.41 Å². The van der Waals surface area contributed by atoms with Gasteiger partial charge < -0.3 is 5.21 Å². The van der Waals surface area contributed by atoms with Crippen LogP contribution in [0.1, 0.15) is 31.4 Å². The molecule has 0 unspecified atom stereocenters. The number of benzene rings is 2. The Kier molecular flexibility index (Phi) is 3.46. The van der Waals surface area contributed by atoms with Gasteiger partial charge in [-0.2, -0.15) is 0 Å². The summed E-state index contributed by atoms with van der Waals surface area (Å²) in [7, 11) is 0. The molecule has 0 spiro atoms. The third-order valence-electron chi connectivity index (χ3n) is 4.03. The van der Waals surface area contributed by atoms with Crippen molar-refractivity contribution >= 4 is 28.9 Å². The summed E-state index contributed by atoms with van der Waals surface area (Å²) in [5.74, 6) is 0. The second-order valence-electron chi connectivity index (χ2n) is 5.99. The van der Waals surface area contributed by atoms with E-state index in [1.807, 2.05) is 24.3 Å². The fourth-order valence-electron chi connectivity index (χ4n) is 2.95. The van der Waals surface area contributed by atoms with Gasteiger partial charge in [0.05, 0.1) is 5.71 Å². The largest absolute Gasteiger partial charge is 0.411 e. The summed E-state index contributed by atoms with van der Waals surface area (Å²) in [6.07, 6.45) is 0.733. The molecular weight excluding hydrogens is 305 g/mol. The fourth-order valence-corrected chi connectivity index (χ4v) is 3.46. The maximum absolute atomic E-state index is 9.16. The fraction of sp³-hybridized carbons (Fsp3) is 0.235. The molecule has 0 saturated carbocycles. The minimum atomic E-state index is -0.0498. The topological polar surface area (TPSA) is 32.6 Å². The van der Waals surface area contributed by atoms with Gasteiger partial charge in [0.1, 0.15) is 0 Å². The molecule has 0 aliphatic heterocycles. The van der Waals surface area contributed by atoms with Crippen molar-refractivity contribution in [3.8, 4) is 11.1 Å². The molecule has 0 saturated heterocycles. The lowest BCUT2D eigenvalue weighted by molar-refractivity contribution is 0.317. The lowest BCUT2D eigenvalue weighted by Gasteiger charge is -2.19. The third-order valence-corrected chi connectivity index (χ3v) is 4.58. The average Bonchev–Trinajstić information content (AvgIpc) is 2.70. The van der Waals surface area contributed by atoms with Gasteiger partial charge in [0.2, 0.25) is 0 Å². The van der Waals surface area contributed by atoms with Crippen LogP contribution in [-0.4, -0.2) is 10.9 Å². The zero-order valence-corrected chi connectivity index (χ0v) is 13.3. The van der Waals surface area contributed by atoms with E-state index in [0.717, 1.165) is 28.8 Å². The van der Waals surface area contributed by atoms with Crippen molar-refractivity contribution in [1.82, 2.24) is 0 Å². The van der Waals surface area contributed by atoms with Gasteiger partial charge in [0.15, 0.2) is 0 Å². The Morgan fingerprint density at radius 1 is 1.05 bits per heavy atom. The second kappa shape index (κ2) is 5.04. The van der Waals surface area contributed by atoms with Gasteiger partial charge in [0.25, 0.3) is 0 Å². The number of halogens is 2. The minimum absolute atomic E-state index is 0.0498. The lowest BCUT2D eigenvalue weighted by Crippen LogP contribution is -2.12. The van der Waals surface area contributed by atoms with Gasteiger partial charge >= 0.3 is 0 Å². The van der Waals surface area contributed by atoms with E-state index in [1.54, 1.807) is 6.07 Å². The molecular formula is C17H15Cl2NO. The average molecular weight is 320 g/mol. The predicted molar refractivity (Wildman–Crippen MR) is 87.9 cm³/mol. The summed E-state index contributed by atoms with van der Waals surface area (Å²) in [6.45, 7) is 4.30. The van der Waals surface area contributed by atoms with Gasteiger partial charge in [-0.25, -0.2) is 0 Å². The molecule has 0 amide bonds. The standard InChI is InChI=1S/C17H15Cl2NO/c1-17(2)9-16(20-21)13-5-3-10(7-14(13)17)12-6-4-11(18)8-15(12)19/h3-8,21H,9H2,1-2H3/b20-16+. The van der Waals surface area contributed by atoms with E-state index in [2.05, 4.69) is 25.1 Å². The number of fused-ring (bicyclic) bond motifs is 1. The Balaban J connectivity index is 2.16. The number of hydrogen-bond donors (Lipinski definition) is 1. The van der Waals surface area contributed by atoms with E-state index in [1.165, 1.54) is 5.56 Å². The van der Waals surface area contributed by atoms with Crippen LogP contribution in [0.25, 0.3) is 11.1 Å². The Hall–Kier alpha value is -1.51. The first kappa shape index (κ1) is 14.4. The van der Waals surface area contributed by atoms with E-state index < -0.39 is 0 Å². The van der Waals surface area contributed by atoms with Crippen molar-refractivity contribution < 1.29 is 5.21 Å². The molecule has 2 aromatic rings. The second-order valence-corrected chi connectivity index (χ2v) is 6.84. The van der Waals surface area contributed by atoms with E-state index in [4.69, 9.17) is 28.4 Å². The van der Waals surface area contributed by atoms with Crippen LogP contribution in [0.4, 0.5) is 0 Å². The first-order chi connectivity index (χ1) is 9.92. The Labute approximate surface area is 134 Å². The summed E-state index contributed by atoms with van der Waals surface area (Å²) >= 11 is 12.2. The molecule has 2 nitrogen and oxygen atoms in total. The highest BCUT2D eigenvalue weighted by atomic mass is 35.5. The summed E-state index contributed by atoms with van der Waals surface area (Å²) in [5, 5.41) is 13.8. The quantitative estimate of drug-likeness (QED) is 0.544. The molecule has 108 valence electrons. The Bertz CT molecular complexity index is 750. The maximum Gasteiger partial charge on any atom is 0.0879 e. The number of oxime groups is 1. The molecule has 1 aliphatic carbocycles. The predicted octanol–water partition coefficient (Wildman–Crippen LogP) is 5.52. The number of nitrogens with zero attached hydrogens (tertiary/aromatic N) is 1. The van der Waals surface area contributed by atoms with Crippen LogP contribution in [0.5, 0.6) is 0 Å². The van der Waals surface area contributed by atoms with E-state index >= 15 is 0 Å². The van der Waals surface area contributed by atoms with Crippen LogP contribution < -0.4 is 0 Å². The van der Waals surface area contributed by atoms with Gasteiger partial charge in [-0.05, 0) is 34.7 Å². The van der Waals surface area contributed by atoms with Crippen LogP contribution in [0, 0.1) is 0 Å². The third kappa shape index (κ3) is 2.43. The SMILES string of the molecule is CC1(C)C/C(=N\O)c2ccc(-c3ccc(Cl)cc3Cl)cc21. The Morgan fingerprint density at radius 2 is 1.76 bits per heavy atom. The van der Waals surface area contributed by atoms with Gasteiger partial charge in [-0.1, -0.05) is 60.4 Å². The minimum Gasteiger partial charge on any atom is -0.411 e. The summed E-state index contributed by atoms with van der Waals surface area (Å²) < 4.78 is 0. The molecule has 1 N–H and O–H groups in total. The number of hydrogen-bond acceptors (Lipinski definition) is 2. The van der Waals surface area contributed by atoms with Crippen LogP contribution >= 0.6 is 23.2 Å². The van der Waals surface area contributed by atoms with Crippen molar-refractivity contribution in [2.45, 2.75) is 25.7 Å². The molecule has 1 aliphatic rings. The molecule has 0 bridgehead atoms. The van der Waals surface area contributed by atoms with Gasteiger partial charge in [-0.15, -0.1) is 0 Å². The van der Waals surface area contributed by atoms with Crippen LogP contribution in [0.15, 0.2) is 41.6 Å².